The molecule has 4 fully saturated rings. The fourth-order valence-corrected chi connectivity index (χ4v) is 6.58. The topological polar surface area (TPSA) is 50.9 Å². The van der Waals surface area contributed by atoms with Crippen LogP contribution in [0.25, 0.3) is 0 Å². The Kier molecular flexibility index (Phi) is 2.70. The van der Waals surface area contributed by atoms with Crippen LogP contribution in [0.1, 0.15) is 57.2 Å². The Morgan fingerprint density at radius 1 is 1.30 bits per heavy atom. The number of hydrogen-bond donors (Lipinski definition) is 1. The number of aliphatic hydroxyl groups excluding tert-OH is 1. The first-order valence-electron chi connectivity index (χ1n) is 7.64. The van der Waals surface area contributed by atoms with Gasteiger partial charge in [-0.05, 0) is 71.7 Å². The fourth-order valence-electron chi connectivity index (χ4n) is 6.04. The van der Waals surface area contributed by atoms with Crippen LogP contribution in [0, 0.1) is 22.7 Å². The Hall–Kier alpha value is -0.420. The maximum Gasteiger partial charge on any atom is 0.154 e. The molecule has 4 nitrogen and oxygen atoms in total. The van der Waals surface area contributed by atoms with Crippen molar-refractivity contribution in [2.75, 3.05) is 0 Å². The van der Waals surface area contributed by atoms with Gasteiger partial charge in [0.15, 0.2) is 4.60 Å². The highest BCUT2D eigenvalue weighted by Gasteiger charge is 2.59. The van der Waals surface area contributed by atoms with Crippen molar-refractivity contribution in [2.45, 2.75) is 51.6 Å². The van der Waals surface area contributed by atoms with Gasteiger partial charge in [0, 0.05) is 12.5 Å². The molecule has 5 heteroatoms. The van der Waals surface area contributed by atoms with Crippen molar-refractivity contribution in [3.8, 4) is 0 Å². The lowest BCUT2D eigenvalue weighted by molar-refractivity contribution is -0.157. The second-order valence-corrected chi connectivity index (χ2v) is 8.68. The van der Waals surface area contributed by atoms with Gasteiger partial charge in [0.1, 0.15) is 11.8 Å². The Bertz CT molecular complexity index is 522. The zero-order valence-corrected chi connectivity index (χ0v) is 13.7. The molecular weight excluding hydrogens is 318 g/mol. The first-order valence-corrected chi connectivity index (χ1v) is 8.43. The number of aliphatic hydroxyl groups is 1. The van der Waals surface area contributed by atoms with Crippen LogP contribution < -0.4 is 0 Å². The number of halogens is 1. The number of aryl methyl sites for hydroxylation is 1. The largest absolute Gasteiger partial charge is 0.386 e. The minimum atomic E-state index is -0.443. The van der Waals surface area contributed by atoms with E-state index < -0.39 is 6.10 Å². The highest BCUT2D eigenvalue weighted by molar-refractivity contribution is 9.10. The van der Waals surface area contributed by atoms with Crippen LogP contribution in [0.3, 0.4) is 0 Å². The molecule has 1 aromatic rings. The monoisotopic (exact) mass is 339 g/mol. The molecule has 4 aliphatic rings. The molecule has 0 aromatic carbocycles. The Labute approximate surface area is 128 Å². The minimum Gasteiger partial charge on any atom is -0.386 e. The van der Waals surface area contributed by atoms with E-state index in [1.54, 1.807) is 4.68 Å². The molecule has 3 atom stereocenters. The molecule has 4 saturated carbocycles. The average molecular weight is 340 g/mol. The van der Waals surface area contributed by atoms with Crippen molar-refractivity contribution >= 4 is 15.9 Å². The van der Waals surface area contributed by atoms with Crippen molar-refractivity contribution in [3.05, 3.63) is 10.3 Å². The van der Waals surface area contributed by atoms with Crippen LogP contribution in [0.5, 0.6) is 0 Å². The first kappa shape index (κ1) is 13.3. The normalized spacial score (nSPS) is 44.0. The standard InChI is InChI=1S/C15H22BrN3O/c1-14-4-9-3-10(5-14)7-15(6-9,8-14)12(20)11-13(16)17-18-19(11)2/h9-10,12,20H,3-8H2,1-2H3. The molecule has 1 heterocycles. The summed E-state index contributed by atoms with van der Waals surface area (Å²) in [5.74, 6) is 1.63. The van der Waals surface area contributed by atoms with E-state index in [4.69, 9.17) is 0 Å². The van der Waals surface area contributed by atoms with Gasteiger partial charge in [-0.15, -0.1) is 5.10 Å². The van der Waals surface area contributed by atoms with Crippen molar-refractivity contribution in [1.82, 2.24) is 15.0 Å². The summed E-state index contributed by atoms with van der Waals surface area (Å²) in [4.78, 5) is 0. The summed E-state index contributed by atoms with van der Waals surface area (Å²) in [6.07, 6.45) is 7.18. The molecular formula is C15H22BrN3O. The third-order valence-electron chi connectivity index (χ3n) is 6.06. The molecule has 4 bridgehead atoms. The fraction of sp³-hybridized carbons (Fsp3) is 0.867. The van der Waals surface area contributed by atoms with Gasteiger partial charge < -0.3 is 5.11 Å². The molecule has 0 saturated heterocycles. The Morgan fingerprint density at radius 3 is 2.45 bits per heavy atom. The summed E-state index contributed by atoms with van der Waals surface area (Å²) in [7, 11) is 1.87. The van der Waals surface area contributed by atoms with Gasteiger partial charge in [0.25, 0.3) is 0 Å². The lowest BCUT2D eigenvalue weighted by atomic mass is 9.43. The summed E-state index contributed by atoms with van der Waals surface area (Å²) in [6, 6.07) is 0. The maximum absolute atomic E-state index is 11.1. The third-order valence-corrected chi connectivity index (χ3v) is 6.63. The van der Waals surface area contributed by atoms with E-state index in [1.807, 2.05) is 7.05 Å². The summed E-state index contributed by atoms with van der Waals surface area (Å²) < 4.78 is 2.43. The second-order valence-electron chi connectivity index (χ2n) is 7.93. The zero-order valence-electron chi connectivity index (χ0n) is 12.1. The molecule has 0 spiro atoms. The van der Waals surface area contributed by atoms with E-state index in [9.17, 15) is 5.11 Å². The summed E-state index contributed by atoms with van der Waals surface area (Å²) >= 11 is 3.46. The average Bonchev–Trinajstić information content (AvgIpc) is 2.65. The van der Waals surface area contributed by atoms with Crippen LogP contribution in [0.4, 0.5) is 0 Å². The summed E-state index contributed by atoms with van der Waals surface area (Å²) in [5.41, 5.74) is 1.36. The number of aromatic nitrogens is 3. The molecule has 1 N–H and O–H groups in total. The second kappa shape index (κ2) is 4.07. The van der Waals surface area contributed by atoms with Crippen LogP contribution in [0.15, 0.2) is 4.60 Å². The number of nitrogens with zero attached hydrogens (tertiary/aromatic N) is 3. The molecule has 20 heavy (non-hydrogen) atoms. The van der Waals surface area contributed by atoms with Gasteiger partial charge in [-0.1, -0.05) is 12.1 Å². The molecule has 0 radical (unpaired) electrons. The summed E-state index contributed by atoms with van der Waals surface area (Å²) in [6.45, 7) is 2.43. The quantitative estimate of drug-likeness (QED) is 0.899. The predicted octanol–water partition coefficient (Wildman–Crippen LogP) is 3.22. The Morgan fingerprint density at radius 2 is 1.95 bits per heavy atom. The first-order chi connectivity index (χ1) is 9.41. The van der Waals surface area contributed by atoms with Crippen LogP contribution in [-0.2, 0) is 7.05 Å². The number of hydrogen-bond acceptors (Lipinski definition) is 3. The number of rotatable bonds is 2. The lowest BCUT2D eigenvalue weighted by Gasteiger charge is -2.62. The molecule has 1 aromatic heterocycles. The predicted molar refractivity (Wildman–Crippen MR) is 78.9 cm³/mol. The van der Waals surface area contributed by atoms with Crippen molar-refractivity contribution in [3.63, 3.8) is 0 Å². The molecule has 3 unspecified atom stereocenters. The zero-order chi connectivity index (χ0) is 14.1. The SMILES string of the molecule is Cn1nnc(Br)c1C(O)C12CC3CC(CC(C)(C3)C1)C2. The van der Waals surface area contributed by atoms with E-state index in [-0.39, 0.29) is 5.41 Å². The Balaban J connectivity index is 1.74. The van der Waals surface area contributed by atoms with Gasteiger partial charge >= 0.3 is 0 Å². The van der Waals surface area contributed by atoms with E-state index in [2.05, 4.69) is 33.2 Å². The third kappa shape index (κ3) is 1.75. The van der Waals surface area contributed by atoms with Gasteiger partial charge in [-0.3, -0.25) is 0 Å². The van der Waals surface area contributed by atoms with E-state index >= 15 is 0 Å². The molecule has 0 aliphatic heterocycles. The van der Waals surface area contributed by atoms with Gasteiger partial charge in [-0.2, -0.15) is 0 Å². The molecule has 5 rings (SSSR count). The van der Waals surface area contributed by atoms with E-state index in [0.717, 1.165) is 24.0 Å². The summed E-state index contributed by atoms with van der Waals surface area (Å²) in [5, 5.41) is 19.2. The lowest BCUT2D eigenvalue weighted by Crippen LogP contribution is -2.53. The molecule has 110 valence electrons. The van der Waals surface area contributed by atoms with E-state index in [1.165, 1.54) is 32.1 Å². The van der Waals surface area contributed by atoms with Crippen molar-refractivity contribution in [2.24, 2.45) is 29.7 Å². The van der Waals surface area contributed by atoms with Gasteiger partial charge in [-0.25, -0.2) is 4.68 Å². The molecule has 0 amide bonds. The minimum absolute atomic E-state index is 0.0524. The smallest absolute Gasteiger partial charge is 0.154 e. The van der Waals surface area contributed by atoms with Crippen molar-refractivity contribution < 1.29 is 5.11 Å². The van der Waals surface area contributed by atoms with Gasteiger partial charge in [0.05, 0.1) is 0 Å². The highest BCUT2D eigenvalue weighted by Crippen LogP contribution is 2.68. The molecule has 4 aliphatic carbocycles. The highest BCUT2D eigenvalue weighted by atomic mass is 79.9. The van der Waals surface area contributed by atoms with Crippen LogP contribution in [-0.4, -0.2) is 20.1 Å². The van der Waals surface area contributed by atoms with E-state index in [0.29, 0.717) is 10.0 Å². The van der Waals surface area contributed by atoms with Crippen LogP contribution in [0.2, 0.25) is 0 Å². The van der Waals surface area contributed by atoms with Crippen LogP contribution >= 0.6 is 15.9 Å². The van der Waals surface area contributed by atoms with Gasteiger partial charge in [0.2, 0.25) is 0 Å². The van der Waals surface area contributed by atoms with Crippen molar-refractivity contribution in [1.29, 1.82) is 0 Å². The maximum atomic E-state index is 11.1.